The van der Waals surface area contributed by atoms with Crippen molar-refractivity contribution in [1.82, 2.24) is 4.90 Å². The van der Waals surface area contributed by atoms with Crippen molar-refractivity contribution in [3.63, 3.8) is 0 Å². The second-order valence-electron chi connectivity index (χ2n) is 7.58. The first kappa shape index (κ1) is 21.8. The predicted octanol–water partition coefficient (Wildman–Crippen LogP) is 3.96. The first-order valence-electron chi connectivity index (χ1n) is 10.8. The van der Waals surface area contributed by atoms with E-state index in [2.05, 4.69) is 0 Å². The predicted molar refractivity (Wildman–Crippen MR) is 119 cm³/mol. The number of anilines is 1. The molecule has 0 N–H and O–H groups in total. The molecule has 8 heteroatoms. The number of benzene rings is 2. The number of methoxy groups -OCH3 is 2. The zero-order chi connectivity index (χ0) is 22.8. The number of imide groups is 1. The zero-order valence-electron chi connectivity index (χ0n) is 18.8. The summed E-state index contributed by atoms with van der Waals surface area (Å²) in [5, 5.41) is 0. The maximum Gasteiger partial charge on any atom is 0.331 e. The van der Waals surface area contributed by atoms with Gasteiger partial charge in [-0.15, -0.1) is 0 Å². The lowest BCUT2D eigenvalue weighted by Gasteiger charge is -2.43. The Bertz CT molecular complexity index is 1040. The number of nitrogens with zero attached hydrogens (tertiary/aromatic N) is 2. The van der Waals surface area contributed by atoms with Gasteiger partial charge < -0.3 is 23.8 Å². The van der Waals surface area contributed by atoms with Gasteiger partial charge in [0, 0.05) is 12.6 Å². The molecule has 2 aliphatic heterocycles. The van der Waals surface area contributed by atoms with Gasteiger partial charge in [0.05, 0.1) is 45.6 Å². The molecule has 0 aliphatic carbocycles. The topological polar surface area (TPSA) is 77.5 Å². The van der Waals surface area contributed by atoms with Crippen LogP contribution in [0.3, 0.4) is 0 Å². The van der Waals surface area contributed by atoms with Crippen LogP contribution in [0.15, 0.2) is 30.3 Å². The van der Waals surface area contributed by atoms with Crippen molar-refractivity contribution < 1.29 is 28.5 Å². The largest absolute Gasteiger partial charge is 0.493 e. The van der Waals surface area contributed by atoms with Crippen molar-refractivity contribution in [3.8, 4) is 23.0 Å². The van der Waals surface area contributed by atoms with E-state index < -0.39 is 0 Å². The third kappa shape index (κ3) is 3.70. The number of rotatable bonds is 7. The van der Waals surface area contributed by atoms with E-state index in [9.17, 15) is 9.59 Å². The summed E-state index contributed by atoms with van der Waals surface area (Å²) in [7, 11) is 3.06. The summed E-state index contributed by atoms with van der Waals surface area (Å²) in [6, 6.07) is 8.27. The second-order valence-corrected chi connectivity index (χ2v) is 7.58. The summed E-state index contributed by atoms with van der Waals surface area (Å²) < 4.78 is 22.1. The van der Waals surface area contributed by atoms with Crippen LogP contribution in [-0.4, -0.2) is 50.8 Å². The van der Waals surface area contributed by atoms with Crippen LogP contribution >= 0.6 is 0 Å². The summed E-state index contributed by atoms with van der Waals surface area (Å²) in [6.45, 7) is 5.39. The Labute approximate surface area is 187 Å². The molecule has 2 aromatic rings. The van der Waals surface area contributed by atoms with Gasteiger partial charge in [0.1, 0.15) is 0 Å². The molecular weight excluding hydrogens is 412 g/mol. The van der Waals surface area contributed by atoms with Crippen molar-refractivity contribution in [2.75, 3.05) is 38.9 Å². The summed E-state index contributed by atoms with van der Waals surface area (Å²) in [4.78, 5) is 29.6. The molecule has 0 radical (unpaired) electrons. The lowest BCUT2D eigenvalue weighted by Crippen LogP contribution is -2.55. The molecular formula is C24H28N2O6. The molecule has 3 amide bonds. The Morgan fingerprint density at radius 3 is 2.25 bits per heavy atom. The molecule has 8 nitrogen and oxygen atoms in total. The van der Waals surface area contributed by atoms with E-state index in [1.807, 2.05) is 26.0 Å². The molecule has 0 aromatic heterocycles. The molecule has 1 fully saturated rings. The van der Waals surface area contributed by atoms with Gasteiger partial charge in [-0.25, -0.2) is 9.69 Å². The highest BCUT2D eigenvalue weighted by molar-refractivity contribution is 6.16. The fraction of sp³-hybridized carbons (Fsp3) is 0.417. The van der Waals surface area contributed by atoms with E-state index in [0.29, 0.717) is 54.9 Å². The highest BCUT2D eigenvalue weighted by Crippen LogP contribution is 2.43. The monoisotopic (exact) mass is 440 g/mol. The SMILES string of the molecule is CCOc1cc2c(cc1OCC)C1CC(=O)N(c3ccc(OC)c(OC)c3)C(=O)N1CC2. The number of hydrogen-bond acceptors (Lipinski definition) is 6. The third-order valence-electron chi connectivity index (χ3n) is 5.84. The molecule has 32 heavy (non-hydrogen) atoms. The van der Waals surface area contributed by atoms with Gasteiger partial charge in [0.2, 0.25) is 5.91 Å². The quantitative estimate of drug-likeness (QED) is 0.649. The first-order chi connectivity index (χ1) is 15.5. The minimum absolute atomic E-state index is 0.187. The van der Waals surface area contributed by atoms with E-state index >= 15 is 0 Å². The Morgan fingerprint density at radius 2 is 1.59 bits per heavy atom. The lowest BCUT2D eigenvalue weighted by molar-refractivity contribution is -0.120. The summed E-state index contributed by atoms with van der Waals surface area (Å²) in [5.41, 5.74) is 2.48. The zero-order valence-corrected chi connectivity index (χ0v) is 18.8. The molecule has 4 rings (SSSR count). The maximum absolute atomic E-state index is 13.4. The number of hydrogen-bond donors (Lipinski definition) is 0. The first-order valence-corrected chi connectivity index (χ1v) is 10.8. The molecule has 1 saturated heterocycles. The van der Waals surface area contributed by atoms with E-state index in [4.69, 9.17) is 18.9 Å². The summed E-state index contributed by atoms with van der Waals surface area (Å²) in [5.74, 6) is 2.07. The molecule has 0 spiro atoms. The van der Waals surface area contributed by atoms with E-state index in [0.717, 1.165) is 11.1 Å². The summed E-state index contributed by atoms with van der Waals surface area (Å²) in [6.07, 6.45) is 0.866. The highest BCUT2D eigenvalue weighted by atomic mass is 16.5. The van der Waals surface area contributed by atoms with Crippen LogP contribution in [0.25, 0.3) is 0 Å². The Hall–Kier alpha value is -3.42. The van der Waals surface area contributed by atoms with Crippen molar-refractivity contribution in [2.24, 2.45) is 0 Å². The molecule has 2 heterocycles. The number of amides is 3. The van der Waals surface area contributed by atoms with Crippen molar-refractivity contribution >= 4 is 17.6 Å². The molecule has 170 valence electrons. The average Bonchev–Trinajstić information content (AvgIpc) is 2.79. The van der Waals surface area contributed by atoms with Gasteiger partial charge in [-0.3, -0.25) is 4.79 Å². The molecule has 1 atom stereocenters. The van der Waals surface area contributed by atoms with Crippen LogP contribution in [0.4, 0.5) is 10.5 Å². The normalized spacial score (nSPS) is 17.6. The minimum Gasteiger partial charge on any atom is -0.493 e. The fourth-order valence-electron chi connectivity index (χ4n) is 4.41. The second kappa shape index (κ2) is 8.98. The standard InChI is InChI=1S/C24H28N2O6/c1-5-31-21-11-15-9-10-25-18(17(15)13-22(21)32-6-2)14-23(27)26(24(25)28)16-7-8-19(29-3)20(12-16)30-4/h7-8,11-13,18H,5-6,9-10,14H2,1-4H3. The number of fused-ring (bicyclic) bond motifs is 3. The Morgan fingerprint density at radius 1 is 0.906 bits per heavy atom. The number of urea groups is 1. The Balaban J connectivity index is 1.68. The van der Waals surface area contributed by atoms with E-state index in [1.54, 1.807) is 23.1 Å². The fourth-order valence-corrected chi connectivity index (χ4v) is 4.41. The van der Waals surface area contributed by atoms with Crippen LogP contribution in [0.5, 0.6) is 23.0 Å². The molecule has 0 bridgehead atoms. The van der Waals surface area contributed by atoms with E-state index in [1.165, 1.54) is 19.1 Å². The molecule has 0 saturated carbocycles. The van der Waals surface area contributed by atoms with Gasteiger partial charge >= 0.3 is 6.03 Å². The number of ether oxygens (including phenoxy) is 4. The van der Waals surface area contributed by atoms with Crippen LogP contribution in [0.2, 0.25) is 0 Å². The average molecular weight is 440 g/mol. The van der Waals surface area contributed by atoms with E-state index in [-0.39, 0.29) is 24.4 Å². The van der Waals surface area contributed by atoms with Crippen LogP contribution in [0, 0.1) is 0 Å². The minimum atomic E-state index is -0.337. The van der Waals surface area contributed by atoms with Crippen LogP contribution in [-0.2, 0) is 11.2 Å². The van der Waals surface area contributed by atoms with Gasteiger partial charge in [0.15, 0.2) is 23.0 Å². The van der Waals surface area contributed by atoms with Gasteiger partial charge in [0.25, 0.3) is 0 Å². The van der Waals surface area contributed by atoms with Crippen LogP contribution < -0.4 is 23.8 Å². The smallest absolute Gasteiger partial charge is 0.331 e. The molecule has 2 aliphatic rings. The molecule has 1 unspecified atom stereocenters. The highest BCUT2D eigenvalue weighted by Gasteiger charge is 2.43. The van der Waals surface area contributed by atoms with Crippen molar-refractivity contribution in [3.05, 3.63) is 41.5 Å². The number of carbonyl (C=O) groups excluding carboxylic acids is 2. The van der Waals surface area contributed by atoms with Gasteiger partial charge in [-0.2, -0.15) is 0 Å². The third-order valence-corrected chi connectivity index (χ3v) is 5.84. The Kier molecular flexibility index (Phi) is 6.12. The number of carbonyl (C=O) groups is 2. The summed E-state index contributed by atoms with van der Waals surface area (Å²) >= 11 is 0. The molecule has 2 aromatic carbocycles. The van der Waals surface area contributed by atoms with Gasteiger partial charge in [-0.05, 0) is 55.7 Å². The van der Waals surface area contributed by atoms with Crippen molar-refractivity contribution in [1.29, 1.82) is 0 Å². The lowest BCUT2D eigenvalue weighted by atomic mass is 9.88. The van der Waals surface area contributed by atoms with Crippen molar-refractivity contribution in [2.45, 2.75) is 32.7 Å². The maximum atomic E-state index is 13.4. The van der Waals surface area contributed by atoms with Gasteiger partial charge in [-0.1, -0.05) is 0 Å². The van der Waals surface area contributed by atoms with Crippen LogP contribution in [0.1, 0.15) is 37.4 Å².